The number of hydrogen-bond donors (Lipinski definition) is 5. The Morgan fingerprint density at radius 1 is 0.435 bits per heavy atom. The van der Waals surface area contributed by atoms with Crippen LogP contribution in [0, 0.1) is 30.3 Å². The molecule has 0 atom stereocenters. The van der Waals surface area contributed by atoms with Gasteiger partial charge in [0.05, 0.1) is 47.8 Å². The fourth-order valence-electron chi connectivity index (χ4n) is 5.19. The summed E-state index contributed by atoms with van der Waals surface area (Å²) in [4.78, 5) is 29.1. The number of non-ortho nitro benzene ring substituents is 3. The Labute approximate surface area is 344 Å². The molecule has 26 nitrogen and oxygen atoms in total. The number of nitro benzene ring substituents is 3. The van der Waals surface area contributed by atoms with Crippen LogP contribution in [0.5, 0.6) is 17.2 Å². The maximum Gasteiger partial charge on any atom is 0.296 e. The SMILES string of the molecule is O=[N+]([O-])c1ccc(N=Nc2cc(N=Nc3cc(S(=O)(=O)O)cc4cc(S(=O)(=O)O)c(N=Nc5ccc([N+](=O)[O-])cc5)c(O)c34)c(O)c(N=Nc3ccc([N+](=O)[O-])cc3)c2O)cc1. The van der Waals surface area contributed by atoms with Gasteiger partial charge in [-0.15, -0.1) is 25.6 Å². The number of rotatable bonds is 13. The molecule has 0 saturated carbocycles. The zero-order chi connectivity index (χ0) is 45.1. The van der Waals surface area contributed by atoms with E-state index < -0.39 is 101 Å². The lowest BCUT2D eigenvalue weighted by Crippen LogP contribution is -2.01. The fraction of sp³-hybridized carbons (Fsp3) is 0. The summed E-state index contributed by atoms with van der Waals surface area (Å²) < 4.78 is 69.6. The second-order valence-corrected chi connectivity index (χ2v) is 15.0. The number of phenolic OH excluding ortho intramolecular Hbond substituents is 3. The summed E-state index contributed by atoms with van der Waals surface area (Å²) in [5, 5.41) is 96.7. The normalized spacial score (nSPS) is 12.3. The molecule has 0 bridgehead atoms. The van der Waals surface area contributed by atoms with Gasteiger partial charge < -0.3 is 15.3 Å². The Morgan fingerprint density at radius 2 is 0.823 bits per heavy atom. The first-order valence-corrected chi connectivity index (χ1v) is 19.4. The molecule has 6 aromatic carbocycles. The summed E-state index contributed by atoms with van der Waals surface area (Å²) in [6.45, 7) is 0. The maximum absolute atomic E-state index is 12.5. The summed E-state index contributed by atoms with van der Waals surface area (Å²) >= 11 is 0. The van der Waals surface area contributed by atoms with E-state index in [1.54, 1.807) is 0 Å². The second-order valence-electron chi connectivity index (χ2n) is 12.1. The molecule has 0 aliphatic carbocycles. The highest BCUT2D eigenvalue weighted by molar-refractivity contribution is 7.86. The molecule has 0 aliphatic rings. The van der Waals surface area contributed by atoms with Crippen LogP contribution in [0.1, 0.15) is 0 Å². The van der Waals surface area contributed by atoms with Gasteiger partial charge in [-0.05, 0) is 60.0 Å². The standard InChI is InChI=1S/C34H21N11O15S2/c46-32-26(39-35-18-1-7-21(8-2-18)43(49)50)16-27(33(47)31(32)42-37-20-5-11-23(12-6-20)45(53)54)40-38-25-15-24(61(55,56)57)13-17-14-28(62(58,59)60)30(34(48)29(17)25)41-36-19-3-9-22(10-4-19)44(51)52/h1-16,46-48H,(H,55,56,57)(H,58,59,60). The third-order valence-corrected chi connectivity index (χ3v) is 9.84. The van der Waals surface area contributed by atoms with Crippen molar-refractivity contribution >= 4 is 93.6 Å². The second kappa shape index (κ2) is 16.9. The molecule has 0 saturated heterocycles. The Bertz CT molecular complexity index is 3180. The van der Waals surface area contributed by atoms with E-state index in [4.69, 9.17) is 0 Å². The van der Waals surface area contributed by atoms with Crippen molar-refractivity contribution in [1.82, 2.24) is 0 Å². The smallest absolute Gasteiger partial charge is 0.296 e. The van der Waals surface area contributed by atoms with E-state index in [1.807, 2.05) is 0 Å². The number of nitro groups is 3. The van der Waals surface area contributed by atoms with Gasteiger partial charge in [-0.25, -0.2) is 0 Å². The van der Waals surface area contributed by atoms with E-state index in [2.05, 4.69) is 40.9 Å². The molecule has 0 heterocycles. The third-order valence-electron chi connectivity index (χ3n) is 8.14. The first-order chi connectivity index (χ1) is 29.2. The lowest BCUT2D eigenvalue weighted by atomic mass is 10.1. The predicted octanol–water partition coefficient (Wildman–Crippen LogP) is 9.84. The lowest BCUT2D eigenvalue weighted by Gasteiger charge is -2.12. The minimum atomic E-state index is -5.29. The third kappa shape index (κ3) is 9.47. The van der Waals surface area contributed by atoms with Gasteiger partial charge in [0.2, 0.25) is 0 Å². The first kappa shape index (κ1) is 43.0. The predicted molar refractivity (Wildman–Crippen MR) is 211 cm³/mol. The van der Waals surface area contributed by atoms with E-state index in [1.165, 1.54) is 24.3 Å². The molecular weight excluding hydrogens is 867 g/mol. The molecule has 62 heavy (non-hydrogen) atoms. The van der Waals surface area contributed by atoms with Crippen molar-refractivity contribution in [1.29, 1.82) is 0 Å². The average Bonchev–Trinajstić information content (AvgIpc) is 3.22. The van der Waals surface area contributed by atoms with Crippen molar-refractivity contribution in [3.63, 3.8) is 0 Å². The van der Waals surface area contributed by atoms with Crippen LogP contribution in [0.15, 0.2) is 148 Å². The molecule has 0 unspecified atom stereocenters. The molecule has 0 aromatic heterocycles. The Morgan fingerprint density at radius 3 is 1.23 bits per heavy atom. The minimum Gasteiger partial charge on any atom is -0.505 e. The van der Waals surface area contributed by atoms with Crippen molar-refractivity contribution in [3.05, 3.63) is 127 Å². The van der Waals surface area contributed by atoms with Crippen LogP contribution in [0.2, 0.25) is 0 Å². The molecule has 314 valence electrons. The van der Waals surface area contributed by atoms with Gasteiger partial charge in [-0.2, -0.15) is 32.2 Å². The number of azo groups is 4. The number of fused-ring (bicyclic) bond motifs is 1. The number of phenols is 3. The number of aromatic hydroxyl groups is 3. The highest BCUT2D eigenvalue weighted by atomic mass is 32.2. The quantitative estimate of drug-likeness (QED) is 0.0311. The highest BCUT2D eigenvalue weighted by Crippen LogP contribution is 2.51. The Hall–Kier alpha value is -8.60. The molecular formula is C34H21N11O15S2. The van der Waals surface area contributed by atoms with E-state index >= 15 is 0 Å². The van der Waals surface area contributed by atoms with Crippen molar-refractivity contribution in [2.24, 2.45) is 40.9 Å². The van der Waals surface area contributed by atoms with Gasteiger partial charge in [0, 0.05) is 42.5 Å². The Balaban J connectivity index is 1.54. The zero-order valence-corrected chi connectivity index (χ0v) is 31.9. The molecule has 6 aromatic rings. The van der Waals surface area contributed by atoms with Crippen LogP contribution in [-0.2, 0) is 20.2 Å². The molecule has 0 amide bonds. The molecule has 6 rings (SSSR count). The summed E-state index contributed by atoms with van der Waals surface area (Å²) in [5.41, 5.74) is -4.46. The average molecular weight is 888 g/mol. The monoisotopic (exact) mass is 887 g/mol. The largest absolute Gasteiger partial charge is 0.505 e. The van der Waals surface area contributed by atoms with Gasteiger partial charge in [-0.1, -0.05) is 0 Å². The van der Waals surface area contributed by atoms with Crippen LogP contribution in [0.4, 0.5) is 62.6 Å². The molecule has 5 N–H and O–H groups in total. The topological polar surface area (TPSA) is 398 Å². The number of nitrogens with zero attached hydrogens (tertiary/aromatic N) is 11. The highest BCUT2D eigenvalue weighted by Gasteiger charge is 2.26. The van der Waals surface area contributed by atoms with Gasteiger partial charge in [0.15, 0.2) is 22.9 Å². The molecule has 0 aliphatic heterocycles. The van der Waals surface area contributed by atoms with Crippen molar-refractivity contribution in [3.8, 4) is 17.2 Å². The van der Waals surface area contributed by atoms with Crippen molar-refractivity contribution in [2.45, 2.75) is 9.79 Å². The number of hydrogen-bond acceptors (Lipinski definition) is 21. The zero-order valence-electron chi connectivity index (χ0n) is 30.3. The molecule has 28 heteroatoms. The fourth-order valence-corrected chi connectivity index (χ4v) is 6.38. The van der Waals surface area contributed by atoms with Gasteiger partial charge >= 0.3 is 0 Å². The van der Waals surface area contributed by atoms with Crippen LogP contribution < -0.4 is 0 Å². The summed E-state index contributed by atoms with van der Waals surface area (Å²) in [6, 6.07) is 16.4. The van der Waals surface area contributed by atoms with E-state index in [-0.39, 0.29) is 34.1 Å². The summed E-state index contributed by atoms with van der Waals surface area (Å²) in [6.07, 6.45) is 0. The molecule has 0 spiro atoms. The summed E-state index contributed by atoms with van der Waals surface area (Å²) in [7, 11) is -10.4. The van der Waals surface area contributed by atoms with Crippen LogP contribution in [0.25, 0.3) is 10.8 Å². The summed E-state index contributed by atoms with van der Waals surface area (Å²) in [5.74, 6) is -2.96. The van der Waals surface area contributed by atoms with E-state index in [9.17, 15) is 71.6 Å². The minimum absolute atomic E-state index is 0.00903. The van der Waals surface area contributed by atoms with E-state index in [0.717, 1.165) is 54.6 Å². The van der Waals surface area contributed by atoms with Gasteiger partial charge in [0.1, 0.15) is 22.0 Å². The molecule has 0 fully saturated rings. The number of benzene rings is 6. The molecule has 0 radical (unpaired) electrons. The Kier molecular flexibility index (Phi) is 11.7. The van der Waals surface area contributed by atoms with E-state index in [0.29, 0.717) is 18.2 Å². The first-order valence-electron chi connectivity index (χ1n) is 16.5. The maximum atomic E-state index is 12.5. The van der Waals surface area contributed by atoms with Gasteiger partial charge in [-0.3, -0.25) is 39.4 Å². The van der Waals surface area contributed by atoms with Crippen LogP contribution >= 0.6 is 0 Å². The van der Waals surface area contributed by atoms with Crippen molar-refractivity contribution < 1.29 is 56.0 Å². The lowest BCUT2D eigenvalue weighted by molar-refractivity contribution is -0.385. The van der Waals surface area contributed by atoms with Gasteiger partial charge in [0.25, 0.3) is 37.3 Å². The van der Waals surface area contributed by atoms with Crippen LogP contribution in [-0.4, -0.2) is 56.0 Å². The van der Waals surface area contributed by atoms with Crippen molar-refractivity contribution in [2.75, 3.05) is 0 Å². The van der Waals surface area contributed by atoms with Crippen LogP contribution in [0.3, 0.4) is 0 Å².